The van der Waals surface area contributed by atoms with Gasteiger partial charge in [0.2, 0.25) is 0 Å². The molecule has 0 fully saturated rings. The van der Waals surface area contributed by atoms with Crippen LogP contribution in [0.25, 0.3) is 10.8 Å². The molecule has 0 heterocycles. The molecule has 24 heavy (non-hydrogen) atoms. The van der Waals surface area contributed by atoms with Crippen molar-refractivity contribution in [3.8, 4) is 11.5 Å². The summed E-state index contributed by atoms with van der Waals surface area (Å²) in [4.78, 5) is 0. The van der Waals surface area contributed by atoms with E-state index in [2.05, 4.69) is 0 Å². The van der Waals surface area contributed by atoms with Crippen molar-refractivity contribution in [3.63, 3.8) is 0 Å². The number of nitrogen functional groups attached to an aromatic ring is 1. The number of ether oxygens (including phenoxy) is 1. The molecule has 3 rings (SSSR count). The van der Waals surface area contributed by atoms with E-state index in [9.17, 15) is 13.2 Å². The van der Waals surface area contributed by atoms with Crippen LogP contribution in [-0.4, -0.2) is 0 Å². The molecule has 0 amide bonds. The smallest absolute Gasteiger partial charge is 0.416 e. The summed E-state index contributed by atoms with van der Waals surface area (Å²) in [5.74, 6) is 0.372. The molecule has 7 heteroatoms. The molecule has 0 saturated heterocycles. The Hall–Kier alpha value is -2.11. The number of alkyl halides is 3. The zero-order chi connectivity index (χ0) is 17.5. The lowest BCUT2D eigenvalue weighted by molar-refractivity contribution is -0.137. The lowest BCUT2D eigenvalue weighted by Crippen LogP contribution is -2.05. The molecule has 0 aromatic heterocycles. The maximum absolute atomic E-state index is 12.7. The van der Waals surface area contributed by atoms with Crippen LogP contribution in [0.2, 0.25) is 10.0 Å². The van der Waals surface area contributed by atoms with Crippen molar-refractivity contribution >= 4 is 39.7 Å². The predicted molar refractivity (Wildman–Crippen MR) is 89.9 cm³/mol. The summed E-state index contributed by atoms with van der Waals surface area (Å²) < 4.78 is 43.8. The van der Waals surface area contributed by atoms with Gasteiger partial charge >= 0.3 is 6.18 Å². The zero-order valence-electron chi connectivity index (χ0n) is 12.0. The fourth-order valence-electron chi connectivity index (χ4n) is 2.24. The van der Waals surface area contributed by atoms with Crippen LogP contribution in [0.5, 0.6) is 11.5 Å². The second kappa shape index (κ2) is 6.07. The Bertz CT molecular complexity index is 902. The van der Waals surface area contributed by atoms with Crippen LogP contribution in [0.3, 0.4) is 0 Å². The highest BCUT2D eigenvalue weighted by atomic mass is 35.5. The van der Waals surface area contributed by atoms with Crippen LogP contribution < -0.4 is 10.5 Å². The highest BCUT2D eigenvalue weighted by Gasteiger charge is 2.32. The predicted octanol–water partition coefficient (Wildman–Crippen LogP) is 6.54. The molecule has 0 unspecified atom stereocenters. The molecule has 124 valence electrons. The minimum absolute atomic E-state index is 0.0267. The van der Waals surface area contributed by atoms with E-state index in [-0.39, 0.29) is 15.8 Å². The summed E-state index contributed by atoms with van der Waals surface area (Å²) in [6.07, 6.45) is -4.53. The standard InChI is InChI=1S/C17H10Cl2F3NO/c18-14-7-11(17(20,21)22)8-15(19)16(14)24-13-4-2-9-5-12(23)3-1-10(9)6-13/h1-8H,23H2. The van der Waals surface area contributed by atoms with Crippen molar-refractivity contribution in [1.82, 2.24) is 0 Å². The van der Waals surface area contributed by atoms with E-state index in [4.69, 9.17) is 33.7 Å². The Balaban J connectivity index is 1.98. The zero-order valence-corrected chi connectivity index (χ0v) is 13.5. The molecular formula is C17H10Cl2F3NO. The topological polar surface area (TPSA) is 35.2 Å². The van der Waals surface area contributed by atoms with Crippen molar-refractivity contribution in [2.24, 2.45) is 0 Å². The Morgan fingerprint density at radius 3 is 2.04 bits per heavy atom. The minimum Gasteiger partial charge on any atom is -0.454 e. The van der Waals surface area contributed by atoms with Gasteiger partial charge in [-0.25, -0.2) is 0 Å². The summed E-state index contributed by atoms with van der Waals surface area (Å²) in [6, 6.07) is 12.1. The van der Waals surface area contributed by atoms with Crippen molar-refractivity contribution in [2.45, 2.75) is 6.18 Å². The Morgan fingerprint density at radius 1 is 0.833 bits per heavy atom. The van der Waals surface area contributed by atoms with Crippen LogP contribution in [0.1, 0.15) is 5.56 Å². The highest BCUT2D eigenvalue weighted by molar-refractivity contribution is 6.37. The van der Waals surface area contributed by atoms with Crippen molar-refractivity contribution in [1.29, 1.82) is 0 Å². The van der Waals surface area contributed by atoms with Crippen LogP contribution in [-0.2, 0) is 6.18 Å². The van der Waals surface area contributed by atoms with Crippen LogP contribution in [0.15, 0.2) is 48.5 Å². The number of hydrogen-bond donors (Lipinski definition) is 1. The molecule has 0 bridgehead atoms. The molecule has 0 aliphatic rings. The van der Waals surface area contributed by atoms with Crippen molar-refractivity contribution in [2.75, 3.05) is 5.73 Å². The lowest BCUT2D eigenvalue weighted by atomic mass is 10.1. The number of nitrogens with two attached hydrogens (primary N) is 1. The van der Waals surface area contributed by atoms with Crippen LogP contribution in [0, 0.1) is 0 Å². The third kappa shape index (κ3) is 3.37. The number of hydrogen-bond acceptors (Lipinski definition) is 2. The van der Waals surface area contributed by atoms with Crippen molar-refractivity contribution in [3.05, 3.63) is 64.1 Å². The monoisotopic (exact) mass is 371 g/mol. The fourth-order valence-corrected chi connectivity index (χ4v) is 2.81. The van der Waals surface area contributed by atoms with Gasteiger partial charge in [-0.2, -0.15) is 13.2 Å². The van der Waals surface area contributed by atoms with Gasteiger partial charge in [-0.05, 0) is 47.2 Å². The largest absolute Gasteiger partial charge is 0.454 e. The first-order chi connectivity index (χ1) is 11.2. The molecule has 3 aromatic carbocycles. The molecular weight excluding hydrogens is 362 g/mol. The average Bonchev–Trinajstić information content (AvgIpc) is 2.49. The lowest BCUT2D eigenvalue weighted by Gasteiger charge is -2.13. The van der Waals surface area contributed by atoms with E-state index < -0.39 is 11.7 Å². The minimum atomic E-state index is -4.53. The van der Waals surface area contributed by atoms with Crippen molar-refractivity contribution < 1.29 is 17.9 Å². The molecule has 0 saturated carbocycles. The van der Waals surface area contributed by atoms with Gasteiger partial charge in [0.25, 0.3) is 0 Å². The summed E-state index contributed by atoms with van der Waals surface area (Å²) in [7, 11) is 0. The SMILES string of the molecule is Nc1ccc2cc(Oc3c(Cl)cc(C(F)(F)F)cc3Cl)ccc2c1. The second-order valence-corrected chi connectivity index (χ2v) is 5.95. The summed E-state index contributed by atoms with van der Waals surface area (Å²) >= 11 is 11.8. The summed E-state index contributed by atoms with van der Waals surface area (Å²) in [6.45, 7) is 0. The van der Waals surface area contributed by atoms with Gasteiger partial charge in [0, 0.05) is 5.69 Å². The third-order valence-electron chi connectivity index (χ3n) is 3.38. The molecule has 0 spiro atoms. The van der Waals surface area contributed by atoms with Crippen LogP contribution >= 0.6 is 23.2 Å². The van der Waals surface area contributed by atoms with E-state index >= 15 is 0 Å². The Labute approximate surface area is 145 Å². The summed E-state index contributed by atoms with van der Waals surface area (Å²) in [5, 5.41) is 1.34. The number of halogens is 5. The molecule has 2 N–H and O–H groups in total. The maximum atomic E-state index is 12.7. The fraction of sp³-hybridized carbons (Fsp3) is 0.0588. The van der Waals surface area contributed by atoms with Crippen LogP contribution in [0.4, 0.5) is 18.9 Å². The number of fused-ring (bicyclic) bond motifs is 1. The second-order valence-electron chi connectivity index (χ2n) is 5.14. The van der Waals surface area contributed by atoms with Gasteiger partial charge in [0.05, 0.1) is 15.6 Å². The van der Waals surface area contributed by atoms with E-state index in [1.807, 2.05) is 6.07 Å². The molecule has 3 aromatic rings. The summed E-state index contributed by atoms with van der Waals surface area (Å²) in [5.41, 5.74) is 5.41. The Kier molecular flexibility index (Phi) is 4.24. The maximum Gasteiger partial charge on any atom is 0.416 e. The number of anilines is 1. The molecule has 0 aliphatic carbocycles. The third-order valence-corrected chi connectivity index (χ3v) is 3.94. The van der Waals surface area contributed by atoms with E-state index in [1.165, 1.54) is 0 Å². The molecule has 2 nitrogen and oxygen atoms in total. The van der Waals surface area contributed by atoms with E-state index in [0.717, 1.165) is 22.9 Å². The molecule has 0 atom stereocenters. The molecule has 0 radical (unpaired) electrons. The number of benzene rings is 3. The van der Waals surface area contributed by atoms with Gasteiger partial charge in [0.1, 0.15) is 5.75 Å². The highest BCUT2D eigenvalue weighted by Crippen LogP contribution is 2.42. The van der Waals surface area contributed by atoms with E-state index in [1.54, 1.807) is 30.3 Å². The van der Waals surface area contributed by atoms with Gasteiger partial charge < -0.3 is 10.5 Å². The quantitative estimate of drug-likeness (QED) is 0.519. The number of rotatable bonds is 2. The van der Waals surface area contributed by atoms with Gasteiger partial charge in [-0.3, -0.25) is 0 Å². The first-order valence-corrected chi connectivity index (χ1v) is 7.53. The first kappa shape index (κ1) is 16.7. The molecule has 0 aliphatic heterocycles. The van der Waals surface area contributed by atoms with E-state index in [0.29, 0.717) is 11.4 Å². The first-order valence-electron chi connectivity index (χ1n) is 6.77. The average molecular weight is 372 g/mol. The van der Waals surface area contributed by atoms with Gasteiger partial charge in [-0.15, -0.1) is 0 Å². The van der Waals surface area contributed by atoms with Gasteiger partial charge in [0.15, 0.2) is 5.75 Å². The van der Waals surface area contributed by atoms with Gasteiger partial charge in [-0.1, -0.05) is 35.3 Å². The normalized spacial score (nSPS) is 11.7. The Morgan fingerprint density at radius 2 is 1.42 bits per heavy atom.